The number of carbonyl (C=O) groups is 1. The van der Waals surface area contributed by atoms with Crippen LogP contribution in [0.4, 0.5) is 10.1 Å². The molecule has 2 heterocycles. The van der Waals surface area contributed by atoms with Gasteiger partial charge in [0, 0.05) is 47.5 Å². The number of rotatable bonds is 4. The second-order valence-corrected chi connectivity index (χ2v) is 8.42. The van der Waals surface area contributed by atoms with Gasteiger partial charge in [-0.15, -0.1) is 0 Å². The fraction of sp³-hybridized carbons (Fsp3) is 0.304. The second kappa shape index (κ2) is 7.99. The summed E-state index contributed by atoms with van der Waals surface area (Å²) < 4.78 is 13.8. The average Bonchev–Trinajstić information content (AvgIpc) is 2.73. The van der Waals surface area contributed by atoms with Crippen molar-refractivity contribution in [1.29, 1.82) is 0 Å². The molecule has 2 aromatic carbocycles. The number of hydrogen-bond acceptors (Lipinski definition) is 3. The number of carbonyl (C=O) groups excluding carboxylic acids is 1. The van der Waals surface area contributed by atoms with Gasteiger partial charge in [0.05, 0.1) is 5.52 Å². The number of fused-ring (bicyclic) bond motifs is 1. The van der Waals surface area contributed by atoms with E-state index in [4.69, 9.17) is 11.6 Å². The number of piperidine rings is 1. The highest BCUT2D eigenvalue weighted by Gasteiger charge is 2.31. The van der Waals surface area contributed by atoms with E-state index in [1.54, 1.807) is 42.6 Å². The van der Waals surface area contributed by atoms with Crippen molar-refractivity contribution >= 4 is 34.1 Å². The van der Waals surface area contributed by atoms with E-state index in [-0.39, 0.29) is 17.1 Å². The first-order valence-electron chi connectivity index (χ1n) is 9.77. The maximum atomic E-state index is 13.8. The summed E-state index contributed by atoms with van der Waals surface area (Å²) in [6, 6.07) is 13.6. The number of benzene rings is 2. The van der Waals surface area contributed by atoms with Gasteiger partial charge < -0.3 is 10.2 Å². The first-order chi connectivity index (χ1) is 13.9. The molecule has 1 N–H and O–H groups in total. The van der Waals surface area contributed by atoms with Crippen LogP contribution < -0.4 is 10.2 Å². The molecule has 0 aliphatic carbocycles. The molecule has 1 saturated heterocycles. The zero-order chi connectivity index (χ0) is 20.4. The predicted octanol–water partition coefficient (Wildman–Crippen LogP) is 5.06. The molecule has 4 nitrogen and oxygen atoms in total. The molecule has 6 heteroatoms. The zero-order valence-corrected chi connectivity index (χ0v) is 17.0. The largest absolute Gasteiger partial charge is 0.371 e. The molecule has 0 unspecified atom stereocenters. The summed E-state index contributed by atoms with van der Waals surface area (Å²) >= 11 is 5.89. The Morgan fingerprint density at radius 1 is 1.17 bits per heavy atom. The van der Waals surface area contributed by atoms with Gasteiger partial charge >= 0.3 is 0 Å². The second-order valence-electron chi connectivity index (χ2n) is 7.98. The number of halogens is 2. The molecule has 0 spiro atoms. The van der Waals surface area contributed by atoms with Gasteiger partial charge in [-0.1, -0.05) is 18.5 Å². The number of aromatic nitrogens is 1. The van der Waals surface area contributed by atoms with Crippen LogP contribution in [0.15, 0.2) is 54.7 Å². The molecule has 4 rings (SSSR count). The van der Waals surface area contributed by atoms with Crippen LogP contribution in [-0.2, 0) is 0 Å². The van der Waals surface area contributed by atoms with Gasteiger partial charge in [-0.3, -0.25) is 9.78 Å². The van der Waals surface area contributed by atoms with Gasteiger partial charge in [0.25, 0.3) is 5.91 Å². The number of nitrogens with zero attached hydrogens (tertiary/aromatic N) is 2. The zero-order valence-electron chi connectivity index (χ0n) is 16.3. The maximum absolute atomic E-state index is 13.8. The lowest BCUT2D eigenvalue weighted by atomic mass is 9.80. The molecule has 1 aliphatic rings. The quantitative estimate of drug-likeness (QED) is 0.652. The Hall–Kier alpha value is -2.66. The topological polar surface area (TPSA) is 45.2 Å². The van der Waals surface area contributed by atoms with Crippen molar-refractivity contribution < 1.29 is 9.18 Å². The number of nitrogens with one attached hydrogen (secondary N) is 1. The van der Waals surface area contributed by atoms with Crippen LogP contribution in [0.25, 0.3) is 10.9 Å². The normalized spacial score (nSPS) is 16.0. The summed E-state index contributed by atoms with van der Waals surface area (Å²) in [5.41, 5.74) is 2.45. The van der Waals surface area contributed by atoms with E-state index < -0.39 is 0 Å². The fourth-order valence-corrected chi connectivity index (χ4v) is 3.97. The summed E-state index contributed by atoms with van der Waals surface area (Å²) in [7, 11) is 0. The Balaban J connectivity index is 1.40. The van der Waals surface area contributed by atoms with E-state index in [0.29, 0.717) is 17.1 Å². The first-order valence-corrected chi connectivity index (χ1v) is 10.1. The van der Waals surface area contributed by atoms with E-state index >= 15 is 0 Å². The number of anilines is 1. The van der Waals surface area contributed by atoms with Crippen LogP contribution in [0.2, 0.25) is 5.02 Å². The molecule has 150 valence electrons. The van der Waals surface area contributed by atoms with Crippen molar-refractivity contribution in [3.8, 4) is 0 Å². The monoisotopic (exact) mass is 411 g/mol. The highest BCUT2D eigenvalue weighted by atomic mass is 35.5. The van der Waals surface area contributed by atoms with Gasteiger partial charge in [0.15, 0.2) is 0 Å². The molecule has 1 aliphatic heterocycles. The lowest BCUT2D eigenvalue weighted by Crippen LogP contribution is -2.44. The molecule has 0 saturated carbocycles. The summed E-state index contributed by atoms with van der Waals surface area (Å²) in [5.74, 6) is -0.334. The minimum absolute atomic E-state index is 0.0205. The van der Waals surface area contributed by atoms with Crippen LogP contribution in [0.3, 0.4) is 0 Å². The van der Waals surface area contributed by atoms with Crippen LogP contribution in [0, 0.1) is 11.2 Å². The predicted molar refractivity (Wildman–Crippen MR) is 115 cm³/mol. The van der Waals surface area contributed by atoms with Crippen molar-refractivity contribution in [3.63, 3.8) is 0 Å². The van der Waals surface area contributed by atoms with Crippen molar-refractivity contribution in [2.75, 3.05) is 24.5 Å². The van der Waals surface area contributed by atoms with E-state index in [0.717, 1.165) is 42.5 Å². The van der Waals surface area contributed by atoms with E-state index in [2.05, 4.69) is 22.1 Å². The third kappa shape index (κ3) is 4.35. The van der Waals surface area contributed by atoms with Crippen LogP contribution in [0.5, 0.6) is 0 Å². The molecule has 3 aromatic rings. The lowest BCUT2D eigenvalue weighted by Gasteiger charge is -2.40. The molecule has 29 heavy (non-hydrogen) atoms. The highest BCUT2D eigenvalue weighted by Crippen LogP contribution is 2.35. The van der Waals surface area contributed by atoms with Gasteiger partial charge in [-0.05, 0) is 66.8 Å². The standard InChI is InChI=1S/C23H23ClFN3O/c1-23(15-27-22(29)16-2-4-17(24)5-3-16)9-12-28(13-10-23)21-8-11-26-20-7-6-18(25)14-19(20)21/h2-8,11,14H,9-10,12-13,15H2,1H3,(H,27,29). The van der Waals surface area contributed by atoms with Gasteiger partial charge in [-0.2, -0.15) is 0 Å². The Bertz CT molecular complexity index is 1030. The van der Waals surface area contributed by atoms with Gasteiger partial charge in [-0.25, -0.2) is 4.39 Å². The van der Waals surface area contributed by atoms with Crippen molar-refractivity contribution in [2.24, 2.45) is 5.41 Å². The molecule has 0 radical (unpaired) electrons. The van der Waals surface area contributed by atoms with Crippen LogP contribution in [0.1, 0.15) is 30.1 Å². The number of pyridine rings is 1. The highest BCUT2D eigenvalue weighted by molar-refractivity contribution is 6.30. The van der Waals surface area contributed by atoms with Crippen molar-refractivity contribution in [2.45, 2.75) is 19.8 Å². The van der Waals surface area contributed by atoms with Gasteiger partial charge in [0.1, 0.15) is 5.82 Å². The number of amides is 1. The molecule has 1 aromatic heterocycles. The van der Waals surface area contributed by atoms with Crippen molar-refractivity contribution in [1.82, 2.24) is 10.3 Å². The Labute approximate surface area is 174 Å². The smallest absolute Gasteiger partial charge is 0.251 e. The summed E-state index contributed by atoms with van der Waals surface area (Å²) in [5, 5.41) is 4.52. The molecule has 0 bridgehead atoms. The minimum atomic E-state index is -0.251. The summed E-state index contributed by atoms with van der Waals surface area (Å²) in [6.45, 7) is 4.52. The Morgan fingerprint density at radius 3 is 2.62 bits per heavy atom. The third-order valence-electron chi connectivity index (χ3n) is 5.77. The maximum Gasteiger partial charge on any atom is 0.251 e. The van der Waals surface area contributed by atoms with E-state index in [9.17, 15) is 9.18 Å². The summed E-state index contributed by atoms with van der Waals surface area (Å²) in [4.78, 5) is 19.0. The van der Waals surface area contributed by atoms with Crippen LogP contribution >= 0.6 is 11.6 Å². The molecule has 1 fully saturated rings. The third-order valence-corrected chi connectivity index (χ3v) is 6.03. The Morgan fingerprint density at radius 2 is 1.90 bits per heavy atom. The first kappa shape index (κ1) is 19.6. The average molecular weight is 412 g/mol. The molecular formula is C23H23ClFN3O. The molecule has 1 amide bonds. The lowest BCUT2D eigenvalue weighted by molar-refractivity contribution is 0.0925. The SMILES string of the molecule is CC1(CNC(=O)c2ccc(Cl)cc2)CCN(c2ccnc3ccc(F)cc23)CC1. The minimum Gasteiger partial charge on any atom is -0.371 e. The fourth-order valence-electron chi connectivity index (χ4n) is 3.84. The summed E-state index contributed by atoms with van der Waals surface area (Å²) in [6.07, 6.45) is 3.65. The van der Waals surface area contributed by atoms with E-state index in [1.165, 1.54) is 6.07 Å². The molecular weight excluding hydrogens is 389 g/mol. The Kier molecular flexibility index (Phi) is 5.41. The van der Waals surface area contributed by atoms with E-state index in [1.807, 2.05) is 6.07 Å². The molecule has 0 atom stereocenters. The number of hydrogen-bond donors (Lipinski definition) is 1. The van der Waals surface area contributed by atoms with Crippen molar-refractivity contribution in [3.05, 3.63) is 71.1 Å². The van der Waals surface area contributed by atoms with Crippen LogP contribution in [-0.4, -0.2) is 30.5 Å². The van der Waals surface area contributed by atoms with Gasteiger partial charge in [0.2, 0.25) is 0 Å².